The highest BCUT2D eigenvalue weighted by Crippen LogP contribution is 2.29. The molecule has 1 heterocycles. The lowest BCUT2D eigenvalue weighted by atomic mass is 9.84. The van der Waals surface area contributed by atoms with E-state index in [1.165, 1.54) is 22.3 Å². The van der Waals surface area contributed by atoms with Crippen molar-refractivity contribution >= 4 is 0 Å². The summed E-state index contributed by atoms with van der Waals surface area (Å²) in [6.45, 7) is 8.93. The number of hydrogen-bond donors (Lipinski definition) is 2. The quantitative estimate of drug-likeness (QED) is 0.812. The van der Waals surface area contributed by atoms with E-state index in [2.05, 4.69) is 50.6 Å². The minimum absolute atomic E-state index is 0.501. The van der Waals surface area contributed by atoms with E-state index in [-0.39, 0.29) is 0 Å². The van der Waals surface area contributed by atoms with E-state index in [0.29, 0.717) is 6.04 Å². The van der Waals surface area contributed by atoms with Gasteiger partial charge in [-0.2, -0.15) is 0 Å². The van der Waals surface area contributed by atoms with Crippen LogP contribution in [0.3, 0.4) is 0 Å². The molecule has 1 aliphatic rings. The lowest BCUT2D eigenvalue weighted by molar-refractivity contribution is 0.267. The van der Waals surface area contributed by atoms with Gasteiger partial charge in [-0.3, -0.25) is 0 Å². The molecular formula is C14H22N2. The van der Waals surface area contributed by atoms with Gasteiger partial charge in [-0.1, -0.05) is 12.1 Å². The Bertz CT molecular complexity index is 381. The molecule has 0 amide bonds. The molecule has 2 heteroatoms. The molecule has 0 bridgehead atoms. The van der Waals surface area contributed by atoms with Gasteiger partial charge in [0.15, 0.2) is 0 Å². The van der Waals surface area contributed by atoms with Gasteiger partial charge in [-0.15, -0.1) is 0 Å². The van der Waals surface area contributed by atoms with E-state index in [0.717, 1.165) is 19.0 Å². The van der Waals surface area contributed by atoms with Crippen LogP contribution in [0.1, 0.15) is 28.3 Å². The SMILES string of the molecule is CNC(c1ccc(C)c(C)c1C)C1CNC1. The monoisotopic (exact) mass is 218 g/mol. The van der Waals surface area contributed by atoms with Crippen molar-refractivity contribution in [3.63, 3.8) is 0 Å². The number of aryl methyl sites for hydroxylation is 1. The molecule has 88 valence electrons. The Labute approximate surface area is 98.4 Å². The average Bonchev–Trinajstić information content (AvgIpc) is 2.21. The van der Waals surface area contributed by atoms with Crippen molar-refractivity contribution in [3.05, 3.63) is 34.4 Å². The first kappa shape index (κ1) is 11.6. The first-order chi connectivity index (χ1) is 7.65. The van der Waals surface area contributed by atoms with Gasteiger partial charge in [0.1, 0.15) is 0 Å². The molecule has 0 radical (unpaired) electrons. The van der Waals surface area contributed by atoms with Gasteiger partial charge >= 0.3 is 0 Å². The molecule has 16 heavy (non-hydrogen) atoms. The molecule has 1 fully saturated rings. The molecule has 0 spiro atoms. The zero-order valence-electron chi connectivity index (χ0n) is 10.7. The molecule has 0 aliphatic carbocycles. The predicted octanol–water partition coefficient (Wildman–Crippen LogP) is 2.09. The van der Waals surface area contributed by atoms with Crippen LogP contribution in [0.2, 0.25) is 0 Å². The van der Waals surface area contributed by atoms with Crippen molar-refractivity contribution in [1.29, 1.82) is 0 Å². The Hall–Kier alpha value is -0.860. The Morgan fingerprint density at radius 3 is 2.38 bits per heavy atom. The van der Waals surface area contributed by atoms with Crippen LogP contribution in [0.25, 0.3) is 0 Å². The Morgan fingerprint density at radius 1 is 1.19 bits per heavy atom. The van der Waals surface area contributed by atoms with E-state index in [9.17, 15) is 0 Å². The number of benzene rings is 1. The van der Waals surface area contributed by atoms with E-state index >= 15 is 0 Å². The topological polar surface area (TPSA) is 24.1 Å². The van der Waals surface area contributed by atoms with Gasteiger partial charge in [0.05, 0.1) is 0 Å². The molecule has 1 aliphatic heterocycles. The van der Waals surface area contributed by atoms with Crippen LogP contribution in [0.4, 0.5) is 0 Å². The van der Waals surface area contributed by atoms with E-state index in [1.807, 2.05) is 0 Å². The molecular weight excluding hydrogens is 196 g/mol. The van der Waals surface area contributed by atoms with Crippen molar-refractivity contribution < 1.29 is 0 Å². The van der Waals surface area contributed by atoms with Crippen LogP contribution >= 0.6 is 0 Å². The number of hydrogen-bond acceptors (Lipinski definition) is 2. The summed E-state index contributed by atoms with van der Waals surface area (Å²) >= 11 is 0. The summed E-state index contributed by atoms with van der Waals surface area (Å²) in [5.41, 5.74) is 5.75. The fourth-order valence-electron chi connectivity index (χ4n) is 2.51. The maximum atomic E-state index is 3.47. The molecule has 1 unspecified atom stereocenters. The summed E-state index contributed by atoms with van der Waals surface area (Å²) in [6, 6.07) is 5.03. The average molecular weight is 218 g/mol. The summed E-state index contributed by atoms with van der Waals surface area (Å²) in [4.78, 5) is 0. The van der Waals surface area contributed by atoms with Gasteiger partial charge in [0.2, 0.25) is 0 Å². The molecule has 2 nitrogen and oxygen atoms in total. The van der Waals surface area contributed by atoms with Gasteiger partial charge in [-0.05, 0) is 50.1 Å². The third-order valence-corrected chi connectivity index (χ3v) is 4.03. The zero-order chi connectivity index (χ0) is 11.7. The Morgan fingerprint density at radius 2 is 1.88 bits per heavy atom. The summed E-state index contributed by atoms with van der Waals surface area (Å²) in [7, 11) is 2.07. The summed E-state index contributed by atoms with van der Waals surface area (Å²) in [5.74, 6) is 0.741. The summed E-state index contributed by atoms with van der Waals surface area (Å²) in [6.07, 6.45) is 0. The van der Waals surface area contributed by atoms with Crippen LogP contribution in [0.15, 0.2) is 12.1 Å². The highest BCUT2D eigenvalue weighted by molar-refractivity contribution is 5.40. The van der Waals surface area contributed by atoms with E-state index < -0.39 is 0 Å². The first-order valence-corrected chi connectivity index (χ1v) is 6.09. The Balaban J connectivity index is 2.34. The molecule has 2 rings (SSSR count). The zero-order valence-corrected chi connectivity index (χ0v) is 10.7. The van der Waals surface area contributed by atoms with E-state index in [1.54, 1.807) is 0 Å². The van der Waals surface area contributed by atoms with Crippen LogP contribution in [0.5, 0.6) is 0 Å². The highest BCUT2D eigenvalue weighted by Gasteiger charge is 2.28. The first-order valence-electron chi connectivity index (χ1n) is 6.09. The van der Waals surface area contributed by atoms with E-state index in [4.69, 9.17) is 0 Å². The molecule has 1 atom stereocenters. The van der Waals surface area contributed by atoms with Gasteiger partial charge in [-0.25, -0.2) is 0 Å². The molecule has 1 saturated heterocycles. The van der Waals surface area contributed by atoms with Gasteiger partial charge in [0.25, 0.3) is 0 Å². The standard InChI is InChI=1S/C14H22N2/c1-9-5-6-13(11(3)10(9)2)14(15-4)12-7-16-8-12/h5-6,12,14-16H,7-8H2,1-4H3. The second-order valence-corrected chi connectivity index (χ2v) is 4.91. The second-order valence-electron chi connectivity index (χ2n) is 4.91. The summed E-state index contributed by atoms with van der Waals surface area (Å²) in [5, 5.41) is 6.82. The van der Waals surface area contributed by atoms with Gasteiger partial charge < -0.3 is 10.6 Å². The fraction of sp³-hybridized carbons (Fsp3) is 0.571. The third kappa shape index (κ3) is 1.87. The minimum atomic E-state index is 0.501. The number of rotatable bonds is 3. The maximum Gasteiger partial charge on any atom is 0.0373 e. The van der Waals surface area contributed by atoms with Crippen LogP contribution in [-0.2, 0) is 0 Å². The Kier molecular flexibility index (Phi) is 3.31. The maximum absolute atomic E-state index is 3.47. The lowest BCUT2D eigenvalue weighted by Gasteiger charge is -2.36. The largest absolute Gasteiger partial charge is 0.316 e. The molecule has 1 aromatic carbocycles. The van der Waals surface area contributed by atoms with Crippen LogP contribution < -0.4 is 10.6 Å². The van der Waals surface area contributed by atoms with Crippen molar-refractivity contribution in [2.75, 3.05) is 20.1 Å². The fourth-order valence-corrected chi connectivity index (χ4v) is 2.51. The molecule has 1 aromatic rings. The van der Waals surface area contributed by atoms with Crippen LogP contribution in [-0.4, -0.2) is 20.1 Å². The normalized spacial score (nSPS) is 18.2. The molecule has 0 saturated carbocycles. The second kappa shape index (κ2) is 4.56. The van der Waals surface area contributed by atoms with Crippen molar-refractivity contribution in [2.24, 2.45) is 5.92 Å². The minimum Gasteiger partial charge on any atom is -0.316 e. The molecule has 0 aromatic heterocycles. The van der Waals surface area contributed by atoms with Crippen molar-refractivity contribution in [2.45, 2.75) is 26.8 Å². The molecule has 2 N–H and O–H groups in total. The predicted molar refractivity (Wildman–Crippen MR) is 68.8 cm³/mol. The van der Waals surface area contributed by atoms with Gasteiger partial charge in [0, 0.05) is 25.0 Å². The van der Waals surface area contributed by atoms with Crippen molar-refractivity contribution in [1.82, 2.24) is 10.6 Å². The third-order valence-electron chi connectivity index (χ3n) is 4.03. The number of nitrogens with one attached hydrogen (secondary N) is 2. The van der Waals surface area contributed by atoms with Crippen LogP contribution in [0, 0.1) is 26.7 Å². The van der Waals surface area contributed by atoms with Crippen molar-refractivity contribution in [3.8, 4) is 0 Å². The lowest BCUT2D eigenvalue weighted by Crippen LogP contribution is -2.48. The highest BCUT2D eigenvalue weighted by atomic mass is 15.0. The summed E-state index contributed by atoms with van der Waals surface area (Å²) < 4.78 is 0. The smallest absolute Gasteiger partial charge is 0.0373 e.